The van der Waals surface area contributed by atoms with Crippen LogP contribution in [0.25, 0.3) is 0 Å². The zero-order valence-corrected chi connectivity index (χ0v) is 12.1. The third-order valence-corrected chi connectivity index (χ3v) is 3.74. The predicted molar refractivity (Wildman–Crippen MR) is 75.0 cm³/mol. The van der Waals surface area contributed by atoms with Crippen LogP contribution in [0.3, 0.4) is 0 Å². The van der Waals surface area contributed by atoms with E-state index in [-0.39, 0.29) is 29.2 Å². The number of aryl methyl sites for hydroxylation is 1. The van der Waals surface area contributed by atoms with Crippen molar-refractivity contribution in [2.24, 2.45) is 0 Å². The molecule has 2 N–H and O–H groups in total. The molecule has 0 radical (unpaired) electrons. The molecular formula is C15H19F3N2O. The summed E-state index contributed by atoms with van der Waals surface area (Å²) in [5.41, 5.74) is -0.395. The molecule has 0 aromatic heterocycles. The van der Waals surface area contributed by atoms with Crippen LogP contribution in [0, 0.1) is 6.92 Å². The van der Waals surface area contributed by atoms with Gasteiger partial charge in [-0.25, -0.2) is 0 Å². The first-order valence-corrected chi connectivity index (χ1v) is 7.02. The fourth-order valence-corrected chi connectivity index (χ4v) is 2.58. The van der Waals surface area contributed by atoms with Crippen LogP contribution in [-0.4, -0.2) is 18.0 Å². The molecule has 1 aliphatic heterocycles. The van der Waals surface area contributed by atoms with Gasteiger partial charge in [-0.1, -0.05) is 6.07 Å². The molecule has 3 nitrogen and oxygen atoms in total. The number of piperidine rings is 1. The Bertz CT molecular complexity index is 528. The van der Waals surface area contributed by atoms with Gasteiger partial charge in [-0.05, 0) is 50.8 Å². The summed E-state index contributed by atoms with van der Waals surface area (Å²) in [6.45, 7) is 3.39. The van der Waals surface area contributed by atoms with Crippen molar-refractivity contribution in [3.05, 3.63) is 29.3 Å². The van der Waals surface area contributed by atoms with Crippen molar-refractivity contribution < 1.29 is 18.0 Å². The Morgan fingerprint density at radius 2 is 2.05 bits per heavy atom. The van der Waals surface area contributed by atoms with E-state index in [1.54, 1.807) is 0 Å². The highest BCUT2D eigenvalue weighted by atomic mass is 19.4. The molecule has 1 fully saturated rings. The molecule has 1 heterocycles. The highest BCUT2D eigenvalue weighted by Crippen LogP contribution is 2.33. The number of benzene rings is 1. The van der Waals surface area contributed by atoms with Gasteiger partial charge in [-0.2, -0.15) is 13.2 Å². The predicted octanol–water partition coefficient (Wildman–Crippen LogP) is 3.48. The Labute approximate surface area is 121 Å². The molecule has 21 heavy (non-hydrogen) atoms. The van der Waals surface area contributed by atoms with Gasteiger partial charge in [0.2, 0.25) is 5.91 Å². The van der Waals surface area contributed by atoms with Crippen LogP contribution < -0.4 is 10.6 Å². The fraction of sp³-hybridized carbons (Fsp3) is 0.533. The molecule has 1 aromatic carbocycles. The molecule has 0 aliphatic carbocycles. The van der Waals surface area contributed by atoms with Crippen molar-refractivity contribution in [1.29, 1.82) is 0 Å². The van der Waals surface area contributed by atoms with E-state index in [2.05, 4.69) is 10.6 Å². The molecule has 2 atom stereocenters. The second-order valence-corrected chi connectivity index (χ2v) is 5.57. The number of hydrogen-bond acceptors (Lipinski definition) is 2. The molecule has 1 aliphatic rings. The number of carbonyl (C=O) groups excluding carboxylic acids is 1. The van der Waals surface area contributed by atoms with Crippen molar-refractivity contribution in [1.82, 2.24) is 5.32 Å². The Kier molecular flexibility index (Phi) is 4.56. The Hall–Kier alpha value is -1.56. The van der Waals surface area contributed by atoms with Gasteiger partial charge in [-0.3, -0.25) is 4.79 Å². The third-order valence-electron chi connectivity index (χ3n) is 3.74. The topological polar surface area (TPSA) is 41.1 Å². The average molecular weight is 300 g/mol. The summed E-state index contributed by atoms with van der Waals surface area (Å²) in [6.07, 6.45) is -1.77. The number of carbonyl (C=O) groups is 1. The minimum absolute atomic E-state index is 0.143. The van der Waals surface area contributed by atoms with Gasteiger partial charge < -0.3 is 10.6 Å². The van der Waals surface area contributed by atoms with Crippen LogP contribution in [-0.2, 0) is 11.0 Å². The van der Waals surface area contributed by atoms with Crippen molar-refractivity contribution >= 4 is 11.6 Å². The minimum Gasteiger partial charge on any atom is -0.325 e. The maximum absolute atomic E-state index is 12.8. The molecule has 2 unspecified atom stereocenters. The number of rotatable bonds is 2. The van der Waals surface area contributed by atoms with Crippen LogP contribution in [0.15, 0.2) is 18.2 Å². The molecule has 6 heteroatoms. The van der Waals surface area contributed by atoms with Gasteiger partial charge in [0.25, 0.3) is 0 Å². The van der Waals surface area contributed by atoms with Crippen molar-refractivity contribution in [2.75, 3.05) is 5.32 Å². The fourth-order valence-electron chi connectivity index (χ4n) is 2.58. The van der Waals surface area contributed by atoms with Gasteiger partial charge in [0.15, 0.2) is 0 Å². The monoisotopic (exact) mass is 300 g/mol. The molecule has 1 amide bonds. The lowest BCUT2D eigenvalue weighted by atomic mass is 9.99. The maximum atomic E-state index is 12.8. The standard InChI is InChI=1S/C15H19F3N2O/c1-9-6-7-11(8-12(9)15(16,17)18)20-14(21)13-5-3-4-10(2)19-13/h6-8,10,13,19H,3-5H2,1-2H3,(H,20,21). The van der Waals surface area contributed by atoms with Gasteiger partial charge in [0.05, 0.1) is 11.6 Å². The van der Waals surface area contributed by atoms with E-state index in [1.165, 1.54) is 19.1 Å². The largest absolute Gasteiger partial charge is 0.416 e. The smallest absolute Gasteiger partial charge is 0.325 e. The molecule has 116 valence electrons. The lowest BCUT2D eigenvalue weighted by molar-refractivity contribution is -0.138. The molecule has 1 aromatic rings. The molecular weight excluding hydrogens is 281 g/mol. The number of anilines is 1. The van der Waals surface area contributed by atoms with E-state index in [4.69, 9.17) is 0 Å². The van der Waals surface area contributed by atoms with Gasteiger partial charge in [-0.15, -0.1) is 0 Å². The van der Waals surface area contributed by atoms with Crippen LogP contribution in [0.4, 0.5) is 18.9 Å². The van der Waals surface area contributed by atoms with Crippen molar-refractivity contribution in [2.45, 2.75) is 51.4 Å². The Morgan fingerprint density at radius 1 is 1.33 bits per heavy atom. The van der Waals surface area contributed by atoms with Crippen molar-refractivity contribution in [3.8, 4) is 0 Å². The lowest BCUT2D eigenvalue weighted by Gasteiger charge is -2.27. The van der Waals surface area contributed by atoms with E-state index in [9.17, 15) is 18.0 Å². The molecule has 2 rings (SSSR count). The molecule has 0 spiro atoms. The van der Waals surface area contributed by atoms with Gasteiger partial charge in [0, 0.05) is 11.7 Å². The second-order valence-electron chi connectivity index (χ2n) is 5.57. The first-order valence-electron chi connectivity index (χ1n) is 7.02. The third kappa shape index (κ3) is 3.97. The minimum atomic E-state index is -4.41. The molecule has 0 bridgehead atoms. The zero-order chi connectivity index (χ0) is 15.6. The van der Waals surface area contributed by atoms with Crippen molar-refractivity contribution in [3.63, 3.8) is 0 Å². The first kappa shape index (κ1) is 15.8. The van der Waals surface area contributed by atoms with Crippen LogP contribution in [0.1, 0.15) is 37.3 Å². The van der Waals surface area contributed by atoms with E-state index < -0.39 is 11.7 Å². The summed E-state index contributed by atoms with van der Waals surface area (Å²) < 4.78 is 38.5. The summed E-state index contributed by atoms with van der Waals surface area (Å²) in [7, 11) is 0. The van der Waals surface area contributed by atoms with Crippen LogP contribution >= 0.6 is 0 Å². The van der Waals surface area contributed by atoms with Crippen LogP contribution in [0.5, 0.6) is 0 Å². The SMILES string of the molecule is Cc1ccc(NC(=O)C2CCCC(C)N2)cc1C(F)(F)F. The number of nitrogens with one attached hydrogen (secondary N) is 2. The van der Waals surface area contributed by atoms with Gasteiger partial charge in [0.1, 0.15) is 0 Å². The number of alkyl halides is 3. The number of hydrogen-bond donors (Lipinski definition) is 2. The maximum Gasteiger partial charge on any atom is 0.416 e. The Balaban J connectivity index is 2.11. The number of amides is 1. The average Bonchev–Trinajstić information content (AvgIpc) is 2.39. The molecule has 1 saturated heterocycles. The van der Waals surface area contributed by atoms with E-state index >= 15 is 0 Å². The number of halogens is 3. The quantitative estimate of drug-likeness (QED) is 0.878. The lowest BCUT2D eigenvalue weighted by Crippen LogP contribution is -2.47. The zero-order valence-electron chi connectivity index (χ0n) is 12.1. The highest BCUT2D eigenvalue weighted by molar-refractivity contribution is 5.95. The summed E-state index contributed by atoms with van der Waals surface area (Å²) in [5.74, 6) is -0.279. The van der Waals surface area contributed by atoms with E-state index in [0.717, 1.165) is 18.9 Å². The summed E-state index contributed by atoms with van der Waals surface area (Å²) in [4.78, 5) is 12.1. The Morgan fingerprint density at radius 3 is 2.67 bits per heavy atom. The van der Waals surface area contributed by atoms with Gasteiger partial charge >= 0.3 is 6.18 Å². The first-order chi connectivity index (χ1) is 9.77. The molecule has 0 saturated carbocycles. The summed E-state index contributed by atoms with van der Waals surface area (Å²) >= 11 is 0. The van der Waals surface area contributed by atoms with Crippen LogP contribution in [0.2, 0.25) is 0 Å². The summed E-state index contributed by atoms with van der Waals surface area (Å²) in [6, 6.07) is 3.76. The summed E-state index contributed by atoms with van der Waals surface area (Å²) in [5, 5.41) is 5.73. The van der Waals surface area contributed by atoms with E-state index in [0.29, 0.717) is 6.42 Å². The normalized spacial score (nSPS) is 22.9. The second kappa shape index (κ2) is 6.05. The van der Waals surface area contributed by atoms with E-state index in [1.807, 2.05) is 6.92 Å². The highest BCUT2D eigenvalue weighted by Gasteiger charge is 2.33.